The average Bonchev–Trinajstić information content (AvgIpc) is 3.24. The molecule has 5 rings (SSSR count). The first kappa shape index (κ1) is 43.7. The van der Waals surface area contributed by atoms with Gasteiger partial charge in [-0.3, -0.25) is 14.2 Å². The second kappa shape index (κ2) is 20.3. The molecule has 13 heteroatoms. The van der Waals surface area contributed by atoms with Crippen LogP contribution in [0.2, 0.25) is 0 Å². The van der Waals surface area contributed by atoms with E-state index in [4.69, 9.17) is 23.3 Å². The van der Waals surface area contributed by atoms with E-state index in [1.807, 2.05) is 107 Å². The Morgan fingerprint density at radius 3 is 1.78 bits per heavy atom. The van der Waals surface area contributed by atoms with Gasteiger partial charge in [0.25, 0.3) is 20.0 Å². The van der Waals surface area contributed by atoms with E-state index in [1.54, 1.807) is 51.5 Å². The second-order valence-corrected chi connectivity index (χ2v) is 15.6. The van der Waals surface area contributed by atoms with Crippen LogP contribution in [-0.4, -0.2) is 65.8 Å². The first-order chi connectivity index (χ1) is 28.0. The Bertz CT molecular complexity index is 2200. The molecule has 1 heterocycles. The van der Waals surface area contributed by atoms with Crippen molar-refractivity contribution in [2.75, 3.05) is 34.0 Å². The number of carbonyl (C=O) groups is 1. The van der Waals surface area contributed by atoms with Gasteiger partial charge in [-0.15, -0.1) is 0 Å². The van der Waals surface area contributed by atoms with Crippen LogP contribution in [0.3, 0.4) is 0 Å². The van der Waals surface area contributed by atoms with Crippen molar-refractivity contribution in [2.24, 2.45) is 0 Å². The standard InChI is InChI=1S/C45H51N4O8P/c1-32(2)49(33(3)4)58(56-28-14-27-46)57-31-39(47-29-34(5)42(50)48(44(47)52)43(51)35-15-10-8-11-16-35)30-55-45(36-17-12-9-13-18-36,37-19-23-40(53-6)24-20-37)38-21-25-41(54-7)26-22-38/h8-13,15-26,29,32-33,39H,14,28,30-31H2,1-7H3/t39-,58?/m0/s1. The molecule has 0 spiro atoms. The third-order valence-corrected chi connectivity index (χ3v) is 11.7. The zero-order valence-electron chi connectivity index (χ0n) is 34.0. The van der Waals surface area contributed by atoms with Gasteiger partial charge in [0, 0.05) is 29.4 Å². The van der Waals surface area contributed by atoms with Crippen LogP contribution in [0.5, 0.6) is 11.5 Å². The van der Waals surface area contributed by atoms with Crippen molar-refractivity contribution < 1.29 is 28.1 Å². The Labute approximate surface area is 341 Å². The SMILES string of the molecule is COc1ccc(C(OC[C@@H](COP(OCCC#N)N(C(C)C)C(C)C)n2cc(C)c(=O)n(C(=O)c3ccccc3)c2=O)(c2ccccc2)c2ccc(OC)cc2)cc1. The van der Waals surface area contributed by atoms with E-state index in [9.17, 15) is 19.6 Å². The van der Waals surface area contributed by atoms with Gasteiger partial charge in [0.1, 0.15) is 17.1 Å². The van der Waals surface area contributed by atoms with E-state index in [0.29, 0.717) is 16.1 Å². The van der Waals surface area contributed by atoms with Crippen LogP contribution in [0, 0.1) is 18.3 Å². The zero-order chi connectivity index (χ0) is 41.8. The number of aryl methyl sites for hydroxylation is 1. The largest absolute Gasteiger partial charge is 0.497 e. The van der Waals surface area contributed by atoms with E-state index in [-0.39, 0.29) is 49.5 Å². The third-order valence-electron chi connectivity index (χ3n) is 9.61. The van der Waals surface area contributed by atoms with Crippen LogP contribution < -0.4 is 20.7 Å². The van der Waals surface area contributed by atoms with Gasteiger partial charge in [0.2, 0.25) is 0 Å². The molecule has 0 aliphatic rings. The van der Waals surface area contributed by atoms with Gasteiger partial charge in [-0.2, -0.15) is 9.83 Å². The number of carbonyl (C=O) groups excluding carboxylic acids is 1. The van der Waals surface area contributed by atoms with Crippen molar-refractivity contribution in [2.45, 2.75) is 64.8 Å². The topological polar surface area (TPSA) is 134 Å². The predicted molar refractivity (Wildman–Crippen MR) is 224 cm³/mol. The lowest BCUT2D eigenvalue weighted by atomic mass is 9.80. The summed E-state index contributed by atoms with van der Waals surface area (Å²) >= 11 is 0. The van der Waals surface area contributed by atoms with Crippen molar-refractivity contribution in [3.8, 4) is 17.6 Å². The highest BCUT2D eigenvalue weighted by Crippen LogP contribution is 2.47. The molecule has 4 aromatic carbocycles. The highest BCUT2D eigenvalue weighted by atomic mass is 31.2. The second-order valence-electron chi connectivity index (χ2n) is 14.1. The molecule has 0 N–H and O–H groups in total. The average molecular weight is 807 g/mol. The maximum absolute atomic E-state index is 14.6. The third kappa shape index (κ3) is 9.81. The molecule has 0 aliphatic carbocycles. The van der Waals surface area contributed by atoms with Crippen LogP contribution >= 0.6 is 8.53 Å². The van der Waals surface area contributed by atoms with Gasteiger partial charge >= 0.3 is 5.69 Å². The number of methoxy groups -OCH3 is 2. The molecule has 0 aliphatic heterocycles. The summed E-state index contributed by atoms with van der Waals surface area (Å²) in [4.78, 5) is 42.0. The van der Waals surface area contributed by atoms with Crippen molar-refractivity contribution in [3.05, 3.63) is 164 Å². The Kier molecular flexibility index (Phi) is 15.3. The van der Waals surface area contributed by atoms with Crippen molar-refractivity contribution in [1.29, 1.82) is 5.26 Å². The lowest BCUT2D eigenvalue weighted by molar-refractivity contribution is -0.0154. The molecular formula is C45H51N4O8P. The number of ether oxygens (including phenoxy) is 3. The molecule has 58 heavy (non-hydrogen) atoms. The van der Waals surface area contributed by atoms with E-state index in [0.717, 1.165) is 16.7 Å². The highest BCUT2D eigenvalue weighted by molar-refractivity contribution is 7.44. The minimum absolute atomic E-state index is 0.00846. The summed E-state index contributed by atoms with van der Waals surface area (Å²) in [5, 5.41) is 9.32. The fourth-order valence-corrected chi connectivity index (χ4v) is 8.46. The summed E-state index contributed by atoms with van der Waals surface area (Å²) in [7, 11) is 1.45. The normalized spacial score (nSPS) is 12.7. The number of nitrogens with zero attached hydrogens (tertiary/aromatic N) is 4. The summed E-state index contributed by atoms with van der Waals surface area (Å²) in [5.41, 5.74) is -0.142. The van der Waals surface area contributed by atoms with E-state index in [1.165, 1.54) is 10.8 Å². The Morgan fingerprint density at radius 2 is 1.28 bits per heavy atom. The Morgan fingerprint density at radius 1 is 0.759 bits per heavy atom. The number of aromatic nitrogens is 2. The van der Waals surface area contributed by atoms with Gasteiger partial charge in [-0.25, -0.2) is 9.46 Å². The molecule has 0 fully saturated rings. The number of hydrogen-bond acceptors (Lipinski definition) is 10. The van der Waals surface area contributed by atoms with Crippen molar-refractivity contribution in [1.82, 2.24) is 13.8 Å². The number of nitriles is 1. The summed E-state index contributed by atoms with van der Waals surface area (Å²) in [6.45, 7) is 9.56. The quantitative estimate of drug-likeness (QED) is 0.0461. The molecule has 5 aromatic rings. The minimum Gasteiger partial charge on any atom is -0.497 e. The molecular weight excluding hydrogens is 755 g/mol. The van der Waals surface area contributed by atoms with E-state index < -0.39 is 37.3 Å². The molecule has 0 saturated carbocycles. The molecule has 304 valence electrons. The summed E-state index contributed by atoms with van der Waals surface area (Å²) < 4.78 is 35.3. The minimum atomic E-state index is -1.75. The molecule has 0 bridgehead atoms. The number of hydrogen-bond donors (Lipinski definition) is 0. The first-order valence-corrected chi connectivity index (χ1v) is 20.2. The van der Waals surface area contributed by atoms with Gasteiger partial charge in [0.15, 0.2) is 0 Å². The van der Waals surface area contributed by atoms with Crippen LogP contribution in [-0.2, 0) is 19.4 Å². The van der Waals surface area contributed by atoms with Crippen molar-refractivity contribution >= 4 is 14.4 Å². The van der Waals surface area contributed by atoms with Crippen molar-refractivity contribution in [3.63, 3.8) is 0 Å². The Balaban J connectivity index is 1.71. The molecule has 1 unspecified atom stereocenters. The van der Waals surface area contributed by atoms with E-state index >= 15 is 0 Å². The van der Waals surface area contributed by atoms with Gasteiger partial charge in [0.05, 0.1) is 52.6 Å². The van der Waals surface area contributed by atoms with Gasteiger partial charge < -0.3 is 23.3 Å². The van der Waals surface area contributed by atoms with Gasteiger partial charge in [-0.05, 0) is 87.7 Å². The molecule has 0 amide bonds. The molecule has 0 radical (unpaired) electrons. The maximum atomic E-state index is 14.6. The summed E-state index contributed by atoms with van der Waals surface area (Å²) in [5.74, 6) is 0.559. The number of benzene rings is 4. The lowest BCUT2D eigenvalue weighted by Crippen LogP contribution is -2.47. The predicted octanol–water partition coefficient (Wildman–Crippen LogP) is 7.87. The summed E-state index contributed by atoms with van der Waals surface area (Å²) in [6, 6.07) is 34.3. The van der Waals surface area contributed by atoms with E-state index in [2.05, 4.69) is 10.7 Å². The fraction of sp³-hybridized carbons (Fsp3) is 0.333. The lowest BCUT2D eigenvalue weighted by Gasteiger charge is -2.38. The Hall–Kier alpha value is -5.41. The van der Waals surface area contributed by atoms with Crippen LogP contribution in [0.1, 0.15) is 72.8 Å². The summed E-state index contributed by atoms with van der Waals surface area (Å²) in [6.07, 6.45) is 1.61. The maximum Gasteiger partial charge on any atom is 0.338 e. The molecule has 1 aromatic heterocycles. The molecule has 0 saturated heterocycles. The highest BCUT2D eigenvalue weighted by Gasteiger charge is 2.39. The first-order valence-electron chi connectivity index (χ1n) is 19.1. The molecule has 12 nitrogen and oxygen atoms in total. The van der Waals surface area contributed by atoms with Gasteiger partial charge in [-0.1, -0.05) is 72.8 Å². The number of rotatable bonds is 19. The van der Waals surface area contributed by atoms with Crippen LogP contribution in [0.15, 0.2) is 125 Å². The molecule has 2 atom stereocenters. The monoisotopic (exact) mass is 806 g/mol. The zero-order valence-corrected chi connectivity index (χ0v) is 34.9. The fourth-order valence-electron chi connectivity index (χ4n) is 6.82. The smallest absolute Gasteiger partial charge is 0.338 e. The van der Waals surface area contributed by atoms with Crippen LogP contribution in [0.4, 0.5) is 0 Å². The van der Waals surface area contributed by atoms with Crippen LogP contribution in [0.25, 0.3) is 0 Å².